The summed E-state index contributed by atoms with van der Waals surface area (Å²) in [6.45, 7) is 6.26. The van der Waals surface area contributed by atoms with Crippen molar-refractivity contribution in [2.24, 2.45) is 11.1 Å². The van der Waals surface area contributed by atoms with Gasteiger partial charge in [0, 0.05) is 13.2 Å². The van der Waals surface area contributed by atoms with Gasteiger partial charge in [-0.3, -0.25) is 4.79 Å². The van der Waals surface area contributed by atoms with E-state index in [1.165, 1.54) is 0 Å². The third kappa shape index (κ3) is 4.49. The Bertz CT molecular complexity index is 223. The standard InChI is InChI=1S/C12H24N2O2/c1-12(2,6-7-13)9-14-11(15)10-5-3-4-8-16-10/h10H,3-9,13H2,1-2H3,(H,14,15). The number of nitrogens with two attached hydrogens (primary N) is 1. The van der Waals surface area contributed by atoms with Gasteiger partial charge in [0.15, 0.2) is 0 Å². The van der Waals surface area contributed by atoms with Crippen molar-refractivity contribution in [3.63, 3.8) is 0 Å². The van der Waals surface area contributed by atoms with Crippen molar-refractivity contribution in [3.8, 4) is 0 Å². The fraction of sp³-hybridized carbons (Fsp3) is 0.917. The third-order valence-electron chi connectivity index (χ3n) is 3.03. The van der Waals surface area contributed by atoms with Crippen molar-refractivity contribution >= 4 is 5.91 Å². The molecule has 4 heteroatoms. The Morgan fingerprint density at radius 3 is 2.81 bits per heavy atom. The van der Waals surface area contributed by atoms with Crippen molar-refractivity contribution in [3.05, 3.63) is 0 Å². The zero-order valence-corrected chi connectivity index (χ0v) is 10.4. The molecule has 1 saturated heterocycles. The van der Waals surface area contributed by atoms with Crippen LogP contribution >= 0.6 is 0 Å². The van der Waals surface area contributed by atoms with Crippen LogP contribution in [-0.2, 0) is 9.53 Å². The first-order chi connectivity index (χ1) is 7.55. The van der Waals surface area contributed by atoms with E-state index in [9.17, 15) is 4.79 Å². The molecule has 1 aliphatic rings. The number of amides is 1. The van der Waals surface area contributed by atoms with Crippen LogP contribution in [0.25, 0.3) is 0 Å². The average molecular weight is 228 g/mol. The number of carbonyl (C=O) groups excluding carboxylic acids is 1. The highest BCUT2D eigenvalue weighted by Crippen LogP contribution is 2.18. The molecule has 0 aliphatic carbocycles. The zero-order valence-electron chi connectivity index (χ0n) is 10.4. The first kappa shape index (κ1) is 13.5. The summed E-state index contributed by atoms with van der Waals surface area (Å²) in [4.78, 5) is 11.8. The van der Waals surface area contributed by atoms with E-state index in [0.29, 0.717) is 19.7 Å². The van der Waals surface area contributed by atoms with Gasteiger partial charge in [0.1, 0.15) is 6.10 Å². The number of carbonyl (C=O) groups is 1. The number of rotatable bonds is 5. The molecular weight excluding hydrogens is 204 g/mol. The van der Waals surface area contributed by atoms with Crippen LogP contribution in [0.2, 0.25) is 0 Å². The van der Waals surface area contributed by atoms with Gasteiger partial charge in [-0.05, 0) is 37.6 Å². The lowest BCUT2D eigenvalue weighted by Crippen LogP contribution is -2.42. The van der Waals surface area contributed by atoms with Crippen LogP contribution in [0.1, 0.15) is 39.5 Å². The number of nitrogens with one attached hydrogen (secondary N) is 1. The highest BCUT2D eigenvalue weighted by Gasteiger charge is 2.24. The van der Waals surface area contributed by atoms with Gasteiger partial charge in [0.05, 0.1) is 0 Å². The summed E-state index contributed by atoms with van der Waals surface area (Å²) in [6.07, 6.45) is 3.69. The summed E-state index contributed by atoms with van der Waals surface area (Å²) >= 11 is 0. The molecule has 1 aliphatic heterocycles. The SMILES string of the molecule is CC(C)(CCN)CNC(=O)C1CCCCO1. The lowest BCUT2D eigenvalue weighted by Gasteiger charge is -2.27. The van der Waals surface area contributed by atoms with Crippen molar-refractivity contribution in [1.82, 2.24) is 5.32 Å². The lowest BCUT2D eigenvalue weighted by molar-refractivity contribution is -0.135. The minimum atomic E-state index is -0.234. The molecule has 4 nitrogen and oxygen atoms in total. The maximum absolute atomic E-state index is 11.8. The second-order valence-electron chi connectivity index (χ2n) is 5.28. The Morgan fingerprint density at radius 2 is 2.25 bits per heavy atom. The molecule has 0 aromatic rings. The molecule has 94 valence electrons. The van der Waals surface area contributed by atoms with E-state index in [4.69, 9.17) is 10.5 Å². The van der Waals surface area contributed by atoms with Crippen LogP contribution in [0, 0.1) is 5.41 Å². The molecule has 1 rings (SSSR count). The summed E-state index contributed by atoms with van der Waals surface area (Å²) in [5, 5.41) is 2.96. The van der Waals surface area contributed by atoms with E-state index < -0.39 is 0 Å². The molecule has 0 bridgehead atoms. The fourth-order valence-corrected chi connectivity index (χ4v) is 1.87. The number of ether oxygens (including phenoxy) is 1. The topological polar surface area (TPSA) is 64.3 Å². The van der Waals surface area contributed by atoms with Crippen LogP contribution in [-0.4, -0.2) is 31.7 Å². The molecule has 3 N–H and O–H groups in total. The molecular formula is C12H24N2O2. The first-order valence-electron chi connectivity index (χ1n) is 6.14. The van der Waals surface area contributed by atoms with Crippen molar-refractivity contribution in [2.45, 2.75) is 45.6 Å². The minimum absolute atomic E-state index is 0.0322. The van der Waals surface area contributed by atoms with E-state index in [0.717, 1.165) is 25.7 Å². The Balaban J connectivity index is 2.28. The van der Waals surface area contributed by atoms with Gasteiger partial charge in [-0.25, -0.2) is 0 Å². The van der Waals surface area contributed by atoms with Gasteiger partial charge in [-0.15, -0.1) is 0 Å². The number of hydrogen-bond donors (Lipinski definition) is 2. The summed E-state index contributed by atoms with van der Waals surface area (Å²) in [7, 11) is 0. The van der Waals surface area contributed by atoms with Gasteiger partial charge in [0.25, 0.3) is 0 Å². The number of hydrogen-bond acceptors (Lipinski definition) is 3. The van der Waals surface area contributed by atoms with Crippen LogP contribution in [0.5, 0.6) is 0 Å². The fourth-order valence-electron chi connectivity index (χ4n) is 1.87. The zero-order chi connectivity index (χ0) is 12.0. The predicted molar refractivity (Wildman–Crippen MR) is 64.1 cm³/mol. The minimum Gasteiger partial charge on any atom is -0.368 e. The maximum Gasteiger partial charge on any atom is 0.249 e. The normalized spacial score (nSPS) is 21.8. The highest BCUT2D eigenvalue weighted by molar-refractivity contribution is 5.80. The van der Waals surface area contributed by atoms with E-state index >= 15 is 0 Å². The van der Waals surface area contributed by atoms with Crippen molar-refractivity contribution in [1.29, 1.82) is 0 Å². The van der Waals surface area contributed by atoms with Gasteiger partial charge in [0.2, 0.25) is 5.91 Å². The van der Waals surface area contributed by atoms with Crippen LogP contribution in [0.15, 0.2) is 0 Å². The Labute approximate surface area is 97.9 Å². The van der Waals surface area contributed by atoms with Crippen LogP contribution in [0.3, 0.4) is 0 Å². The molecule has 0 radical (unpaired) electrons. The van der Waals surface area contributed by atoms with E-state index in [1.807, 2.05) is 0 Å². The molecule has 1 atom stereocenters. The molecule has 1 fully saturated rings. The van der Waals surface area contributed by atoms with Crippen molar-refractivity contribution < 1.29 is 9.53 Å². The summed E-state index contributed by atoms with van der Waals surface area (Å²) in [6, 6.07) is 0. The monoisotopic (exact) mass is 228 g/mol. The maximum atomic E-state index is 11.8. The molecule has 16 heavy (non-hydrogen) atoms. The average Bonchev–Trinajstić information content (AvgIpc) is 2.27. The molecule has 1 heterocycles. The van der Waals surface area contributed by atoms with Gasteiger partial charge >= 0.3 is 0 Å². The van der Waals surface area contributed by atoms with Crippen LogP contribution in [0.4, 0.5) is 0 Å². The van der Waals surface area contributed by atoms with Crippen LogP contribution < -0.4 is 11.1 Å². The molecule has 0 aromatic heterocycles. The first-order valence-corrected chi connectivity index (χ1v) is 6.14. The Hall–Kier alpha value is -0.610. The molecule has 0 spiro atoms. The predicted octanol–water partition coefficient (Wildman–Crippen LogP) is 1.05. The molecule has 0 saturated carbocycles. The molecule has 1 unspecified atom stereocenters. The van der Waals surface area contributed by atoms with E-state index in [2.05, 4.69) is 19.2 Å². The van der Waals surface area contributed by atoms with Gasteiger partial charge < -0.3 is 15.8 Å². The van der Waals surface area contributed by atoms with E-state index in [-0.39, 0.29) is 17.4 Å². The summed E-state index contributed by atoms with van der Waals surface area (Å²) < 4.78 is 5.43. The molecule has 1 amide bonds. The molecule has 0 aromatic carbocycles. The second-order valence-corrected chi connectivity index (χ2v) is 5.28. The Kier molecular flexibility index (Phi) is 5.22. The van der Waals surface area contributed by atoms with Gasteiger partial charge in [-0.1, -0.05) is 13.8 Å². The Morgan fingerprint density at radius 1 is 1.50 bits per heavy atom. The van der Waals surface area contributed by atoms with Crippen molar-refractivity contribution in [2.75, 3.05) is 19.7 Å². The second kappa shape index (κ2) is 6.21. The highest BCUT2D eigenvalue weighted by atomic mass is 16.5. The van der Waals surface area contributed by atoms with Gasteiger partial charge in [-0.2, -0.15) is 0 Å². The van der Waals surface area contributed by atoms with E-state index in [1.54, 1.807) is 0 Å². The third-order valence-corrected chi connectivity index (χ3v) is 3.03. The largest absolute Gasteiger partial charge is 0.368 e. The quantitative estimate of drug-likeness (QED) is 0.739. The smallest absolute Gasteiger partial charge is 0.249 e. The summed E-state index contributed by atoms with van der Waals surface area (Å²) in [5.74, 6) is 0.0322. The lowest BCUT2D eigenvalue weighted by atomic mass is 9.89. The summed E-state index contributed by atoms with van der Waals surface area (Å²) in [5.41, 5.74) is 5.59.